The van der Waals surface area contributed by atoms with Crippen LogP contribution in [0.2, 0.25) is 0 Å². The van der Waals surface area contributed by atoms with Gasteiger partial charge in [-0.2, -0.15) is 0 Å². The number of aromatic hydroxyl groups is 1. The van der Waals surface area contributed by atoms with Crippen molar-refractivity contribution >= 4 is 5.97 Å². The molecule has 0 aliphatic rings. The highest BCUT2D eigenvalue weighted by atomic mass is 16.5. The summed E-state index contributed by atoms with van der Waals surface area (Å²) in [5, 5.41) is 18.7. The van der Waals surface area contributed by atoms with Gasteiger partial charge in [0.1, 0.15) is 5.56 Å². The molecular weight excluding hydrogens is 208 g/mol. The largest absolute Gasteiger partial charge is 0.504 e. The molecule has 1 atom stereocenters. The molecule has 1 rings (SSSR count). The molecule has 0 amide bonds. The van der Waals surface area contributed by atoms with Gasteiger partial charge in [0.2, 0.25) is 0 Å². The summed E-state index contributed by atoms with van der Waals surface area (Å²) in [6, 6.07) is 3.11. The van der Waals surface area contributed by atoms with Crippen LogP contribution in [0.3, 0.4) is 0 Å². The molecule has 0 aromatic heterocycles. The van der Waals surface area contributed by atoms with Gasteiger partial charge >= 0.3 is 5.97 Å². The van der Waals surface area contributed by atoms with Gasteiger partial charge in [-0.1, -0.05) is 13.8 Å². The van der Waals surface area contributed by atoms with Crippen LogP contribution in [0, 0.1) is 0 Å². The maximum absolute atomic E-state index is 11.0. The molecule has 4 nitrogen and oxygen atoms in total. The number of phenolic OH excluding ortho intramolecular Hbond substituents is 1. The topological polar surface area (TPSA) is 66.8 Å². The molecule has 1 aromatic carbocycles. The van der Waals surface area contributed by atoms with Crippen molar-refractivity contribution in [3.63, 3.8) is 0 Å². The van der Waals surface area contributed by atoms with E-state index in [2.05, 4.69) is 0 Å². The first kappa shape index (κ1) is 12.4. The van der Waals surface area contributed by atoms with Gasteiger partial charge in [-0.15, -0.1) is 0 Å². The number of hydrogen-bond acceptors (Lipinski definition) is 3. The molecule has 88 valence electrons. The van der Waals surface area contributed by atoms with Crippen LogP contribution in [-0.4, -0.2) is 23.3 Å². The number of carbonyl (C=O) groups is 1. The Morgan fingerprint density at radius 3 is 2.56 bits per heavy atom. The smallest absolute Gasteiger partial charge is 0.339 e. The standard InChI is InChI=1S/C12H16O4/c1-4-7(2)8-5-9(12(14)15)11(16-3)10(13)6-8/h5-7,13H,4H2,1-3H3,(H,14,15). The number of carboxylic acid groups (broad SMARTS) is 1. The quantitative estimate of drug-likeness (QED) is 0.825. The van der Waals surface area contributed by atoms with E-state index < -0.39 is 5.97 Å². The molecule has 0 saturated heterocycles. The van der Waals surface area contributed by atoms with Gasteiger partial charge in [-0.3, -0.25) is 0 Å². The van der Waals surface area contributed by atoms with Crippen LogP contribution in [0.1, 0.15) is 42.1 Å². The average molecular weight is 224 g/mol. The third kappa shape index (κ3) is 2.27. The van der Waals surface area contributed by atoms with Crippen LogP contribution in [0.4, 0.5) is 0 Å². The van der Waals surface area contributed by atoms with E-state index in [1.807, 2.05) is 13.8 Å². The van der Waals surface area contributed by atoms with Gasteiger partial charge in [0.25, 0.3) is 0 Å². The lowest BCUT2D eigenvalue weighted by molar-refractivity contribution is 0.0692. The normalized spacial score (nSPS) is 12.2. The fraction of sp³-hybridized carbons (Fsp3) is 0.417. The molecule has 16 heavy (non-hydrogen) atoms. The van der Waals surface area contributed by atoms with E-state index in [1.54, 1.807) is 12.1 Å². The Hall–Kier alpha value is -1.71. The molecule has 4 heteroatoms. The minimum Gasteiger partial charge on any atom is -0.504 e. The van der Waals surface area contributed by atoms with Gasteiger partial charge < -0.3 is 14.9 Å². The Balaban J connectivity index is 3.33. The summed E-state index contributed by atoms with van der Waals surface area (Å²) < 4.78 is 4.87. The van der Waals surface area contributed by atoms with E-state index >= 15 is 0 Å². The monoisotopic (exact) mass is 224 g/mol. The van der Waals surface area contributed by atoms with Crippen LogP contribution >= 0.6 is 0 Å². The zero-order chi connectivity index (χ0) is 12.3. The van der Waals surface area contributed by atoms with E-state index in [-0.39, 0.29) is 23.0 Å². The molecule has 0 saturated carbocycles. The van der Waals surface area contributed by atoms with Crippen molar-refractivity contribution in [1.82, 2.24) is 0 Å². The van der Waals surface area contributed by atoms with Gasteiger partial charge in [0, 0.05) is 0 Å². The molecule has 0 bridgehead atoms. The van der Waals surface area contributed by atoms with Gasteiger partial charge in [-0.05, 0) is 30.0 Å². The summed E-state index contributed by atoms with van der Waals surface area (Å²) in [6.45, 7) is 3.99. The lowest BCUT2D eigenvalue weighted by Crippen LogP contribution is -2.03. The Bertz CT molecular complexity index is 398. The van der Waals surface area contributed by atoms with E-state index in [0.29, 0.717) is 0 Å². The van der Waals surface area contributed by atoms with Crippen molar-refractivity contribution in [3.05, 3.63) is 23.3 Å². The number of carboxylic acids is 1. The fourth-order valence-corrected chi connectivity index (χ4v) is 1.53. The van der Waals surface area contributed by atoms with Crippen molar-refractivity contribution < 1.29 is 19.7 Å². The third-order valence-electron chi connectivity index (χ3n) is 2.71. The van der Waals surface area contributed by atoms with E-state index in [4.69, 9.17) is 9.84 Å². The summed E-state index contributed by atoms with van der Waals surface area (Å²) in [4.78, 5) is 11.0. The van der Waals surface area contributed by atoms with Crippen LogP contribution in [0.15, 0.2) is 12.1 Å². The molecule has 0 fully saturated rings. The van der Waals surface area contributed by atoms with Crippen molar-refractivity contribution in [3.8, 4) is 11.5 Å². The maximum Gasteiger partial charge on any atom is 0.339 e. The number of rotatable bonds is 4. The van der Waals surface area contributed by atoms with E-state index in [9.17, 15) is 9.90 Å². The third-order valence-corrected chi connectivity index (χ3v) is 2.71. The first-order chi connectivity index (χ1) is 7.51. The molecule has 1 unspecified atom stereocenters. The number of phenols is 1. The number of ether oxygens (including phenoxy) is 1. The number of aromatic carboxylic acids is 1. The Kier molecular flexibility index (Phi) is 3.77. The second-order valence-corrected chi connectivity index (χ2v) is 3.74. The molecule has 0 aliphatic carbocycles. The van der Waals surface area contributed by atoms with Crippen molar-refractivity contribution in [2.45, 2.75) is 26.2 Å². The Morgan fingerprint density at radius 2 is 2.12 bits per heavy atom. The predicted octanol–water partition coefficient (Wildman–Crippen LogP) is 2.61. The highest BCUT2D eigenvalue weighted by molar-refractivity contribution is 5.92. The average Bonchev–Trinajstić information content (AvgIpc) is 2.26. The lowest BCUT2D eigenvalue weighted by Gasteiger charge is -2.13. The summed E-state index contributed by atoms with van der Waals surface area (Å²) in [5.41, 5.74) is 0.802. The minimum absolute atomic E-state index is 0.00204. The van der Waals surface area contributed by atoms with Crippen LogP contribution in [-0.2, 0) is 0 Å². The summed E-state index contributed by atoms with van der Waals surface area (Å²) in [7, 11) is 1.34. The second-order valence-electron chi connectivity index (χ2n) is 3.74. The predicted molar refractivity (Wildman–Crippen MR) is 60.3 cm³/mol. The first-order valence-electron chi connectivity index (χ1n) is 5.15. The minimum atomic E-state index is -1.10. The Labute approximate surface area is 94.5 Å². The number of methoxy groups -OCH3 is 1. The zero-order valence-electron chi connectivity index (χ0n) is 9.65. The van der Waals surface area contributed by atoms with Crippen molar-refractivity contribution in [2.24, 2.45) is 0 Å². The summed E-state index contributed by atoms with van der Waals surface area (Å²) in [6.07, 6.45) is 0.880. The summed E-state index contributed by atoms with van der Waals surface area (Å²) >= 11 is 0. The van der Waals surface area contributed by atoms with Crippen molar-refractivity contribution in [1.29, 1.82) is 0 Å². The van der Waals surface area contributed by atoms with Gasteiger partial charge in [0.15, 0.2) is 11.5 Å². The molecule has 1 aromatic rings. The molecule has 0 aliphatic heterocycles. The van der Waals surface area contributed by atoms with Gasteiger partial charge in [0.05, 0.1) is 7.11 Å². The second kappa shape index (κ2) is 4.88. The van der Waals surface area contributed by atoms with Crippen molar-refractivity contribution in [2.75, 3.05) is 7.11 Å². The number of benzene rings is 1. The molecule has 0 heterocycles. The van der Waals surface area contributed by atoms with E-state index in [0.717, 1.165) is 12.0 Å². The zero-order valence-corrected chi connectivity index (χ0v) is 9.65. The highest BCUT2D eigenvalue weighted by Gasteiger charge is 2.18. The fourth-order valence-electron chi connectivity index (χ4n) is 1.53. The SMILES string of the molecule is CCC(C)c1cc(O)c(OC)c(C(=O)O)c1. The molecule has 0 radical (unpaired) electrons. The van der Waals surface area contributed by atoms with Crippen LogP contribution < -0.4 is 4.74 Å². The van der Waals surface area contributed by atoms with Crippen LogP contribution in [0.5, 0.6) is 11.5 Å². The Morgan fingerprint density at radius 1 is 1.50 bits per heavy atom. The lowest BCUT2D eigenvalue weighted by atomic mass is 9.96. The first-order valence-corrected chi connectivity index (χ1v) is 5.15. The molecular formula is C12H16O4. The highest BCUT2D eigenvalue weighted by Crippen LogP contribution is 2.34. The summed E-state index contributed by atoms with van der Waals surface area (Å²) in [5.74, 6) is -1.01. The van der Waals surface area contributed by atoms with E-state index in [1.165, 1.54) is 7.11 Å². The maximum atomic E-state index is 11.0. The molecule has 2 N–H and O–H groups in total. The number of hydrogen-bond donors (Lipinski definition) is 2. The molecule has 0 spiro atoms. The van der Waals surface area contributed by atoms with Gasteiger partial charge in [-0.25, -0.2) is 4.79 Å². The van der Waals surface area contributed by atoms with Crippen LogP contribution in [0.25, 0.3) is 0 Å².